The van der Waals surface area contributed by atoms with Crippen LogP contribution in [0.1, 0.15) is 21.7 Å². The predicted octanol–water partition coefficient (Wildman–Crippen LogP) is 3.11. The highest BCUT2D eigenvalue weighted by molar-refractivity contribution is 7.15. The molecule has 0 aliphatic heterocycles. The van der Waals surface area contributed by atoms with E-state index in [0.29, 0.717) is 22.6 Å². The molecule has 0 radical (unpaired) electrons. The van der Waals surface area contributed by atoms with Crippen LogP contribution < -0.4 is 5.32 Å². The first kappa shape index (κ1) is 14.7. The number of benzene rings is 1. The van der Waals surface area contributed by atoms with Gasteiger partial charge in [-0.15, -0.1) is 22.9 Å². The Hall–Kier alpha value is -2.18. The third-order valence-corrected chi connectivity index (χ3v) is 4.20. The zero-order chi connectivity index (χ0) is 15.7. The average Bonchev–Trinajstić information content (AvgIpc) is 3.07. The Morgan fingerprint density at radius 2 is 2.05 bits per heavy atom. The van der Waals surface area contributed by atoms with Crippen LogP contribution in [0.2, 0.25) is 0 Å². The van der Waals surface area contributed by atoms with Gasteiger partial charge in [-0.1, -0.05) is 0 Å². The minimum Gasteiger partial charge on any atom is -0.325 e. The average molecular weight is 334 g/mol. The van der Waals surface area contributed by atoms with Crippen LogP contribution in [0, 0.1) is 6.92 Å². The number of ketones is 1. The summed E-state index contributed by atoms with van der Waals surface area (Å²) < 4.78 is 1.80. The minimum atomic E-state index is -0.285. The van der Waals surface area contributed by atoms with Gasteiger partial charge < -0.3 is 5.32 Å². The first-order chi connectivity index (χ1) is 10.6. The summed E-state index contributed by atoms with van der Waals surface area (Å²) in [6, 6.07) is 6.71. The summed E-state index contributed by atoms with van der Waals surface area (Å²) in [6.07, 6.45) is 1.84. The largest absolute Gasteiger partial charge is 0.325 e. The van der Waals surface area contributed by atoms with Crippen LogP contribution in [-0.4, -0.2) is 27.0 Å². The van der Waals surface area contributed by atoms with Gasteiger partial charge in [-0.25, -0.2) is 4.98 Å². The topological polar surface area (TPSA) is 63.5 Å². The zero-order valence-electron chi connectivity index (χ0n) is 11.7. The molecule has 0 unspecified atom stereocenters. The second kappa shape index (κ2) is 5.90. The molecule has 2 aromatic heterocycles. The van der Waals surface area contributed by atoms with Crippen molar-refractivity contribution in [2.45, 2.75) is 6.92 Å². The van der Waals surface area contributed by atoms with Gasteiger partial charge in [-0.05, 0) is 31.2 Å². The number of anilines is 1. The number of hydrogen-bond acceptors (Lipinski definition) is 4. The Morgan fingerprint density at radius 3 is 2.73 bits per heavy atom. The lowest BCUT2D eigenvalue weighted by Gasteiger charge is -2.05. The molecule has 0 saturated carbocycles. The van der Waals surface area contributed by atoms with Crippen molar-refractivity contribution in [1.82, 2.24) is 9.38 Å². The number of nitrogens with one attached hydrogen (secondary N) is 1. The SMILES string of the molecule is Cc1nc2sccn2c1C(=O)c1ccc(NC(=O)CCl)cc1. The fourth-order valence-electron chi connectivity index (χ4n) is 2.20. The number of halogens is 1. The summed E-state index contributed by atoms with van der Waals surface area (Å²) in [5, 5.41) is 4.52. The zero-order valence-corrected chi connectivity index (χ0v) is 13.2. The van der Waals surface area contributed by atoms with Gasteiger partial charge in [0.05, 0.1) is 5.69 Å². The van der Waals surface area contributed by atoms with E-state index in [2.05, 4.69) is 10.3 Å². The molecular formula is C15H12ClN3O2S. The number of nitrogens with zero attached hydrogens (tertiary/aromatic N) is 2. The number of amides is 1. The lowest BCUT2D eigenvalue weighted by Crippen LogP contribution is -2.12. The van der Waals surface area contributed by atoms with Crippen molar-refractivity contribution in [3.63, 3.8) is 0 Å². The number of thiazole rings is 1. The Bertz CT molecular complexity index is 851. The molecule has 2 heterocycles. The Balaban J connectivity index is 1.90. The van der Waals surface area contributed by atoms with E-state index in [9.17, 15) is 9.59 Å². The van der Waals surface area contributed by atoms with E-state index in [1.54, 1.807) is 28.7 Å². The number of carbonyl (C=O) groups is 2. The molecule has 0 aliphatic rings. The molecule has 0 fully saturated rings. The second-order valence-corrected chi connectivity index (χ2v) is 5.83. The van der Waals surface area contributed by atoms with Crippen molar-refractivity contribution in [1.29, 1.82) is 0 Å². The van der Waals surface area contributed by atoms with E-state index in [0.717, 1.165) is 4.96 Å². The quantitative estimate of drug-likeness (QED) is 0.589. The smallest absolute Gasteiger partial charge is 0.239 e. The van der Waals surface area contributed by atoms with Crippen LogP contribution in [0.15, 0.2) is 35.8 Å². The predicted molar refractivity (Wildman–Crippen MR) is 87.0 cm³/mol. The van der Waals surface area contributed by atoms with Gasteiger partial charge in [0.25, 0.3) is 0 Å². The van der Waals surface area contributed by atoms with Gasteiger partial charge in [0, 0.05) is 22.8 Å². The fourth-order valence-corrected chi connectivity index (χ4v) is 3.03. The number of aromatic nitrogens is 2. The van der Waals surface area contributed by atoms with E-state index in [1.807, 2.05) is 18.5 Å². The molecule has 0 saturated heterocycles. The van der Waals surface area contributed by atoms with Crippen LogP contribution in [0.3, 0.4) is 0 Å². The summed E-state index contributed by atoms with van der Waals surface area (Å²) in [6.45, 7) is 1.82. The number of rotatable bonds is 4. The normalized spacial score (nSPS) is 10.8. The monoisotopic (exact) mass is 333 g/mol. The summed E-state index contributed by atoms with van der Waals surface area (Å²) in [5.41, 5.74) is 2.41. The first-order valence-electron chi connectivity index (χ1n) is 6.53. The van der Waals surface area contributed by atoms with Gasteiger partial charge in [-0.2, -0.15) is 0 Å². The number of carbonyl (C=O) groups excluding carboxylic acids is 2. The van der Waals surface area contributed by atoms with E-state index in [1.165, 1.54) is 11.3 Å². The van der Waals surface area contributed by atoms with Gasteiger partial charge in [0.15, 0.2) is 4.96 Å². The highest BCUT2D eigenvalue weighted by Crippen LogP contribution is 2.20. The standard InChI is InChI=1S/C15H12ClN3O2S/c1-9-13(19-6-7-22-15(19)17-9)14(21)10-2-4-11(5-3-10)18-12(20)8-16/h2-7H,8H2,1H3,(H,18,20). The van der Waals surface area contributed by atoms with Crippen molar-refractivity contribution in [2.75, 3.05) is 11.2 Å². The number of imidazole rings is 1. The molecule has 22 heavy (non-hydrogen) atoms. The van der Waals surface area contributed by atoms with Crippen LogP contribution in [0.25, 0.3) is 4.96 Å². The maximum atomic E-state index is 12.7. The van der Waals surface area contributed by atoms with Gasteiger partial charge >= 0.3 is 0 Å². The second-order valence-electron chi connectivity index (χ2n) is 4.69. The van der Waals surface area contributed by atoms with Crippen LogP contribution >= 0.6 is 22.9 Å². The number of aryl methyl sites for hydroxylation is 1. The van der Waals surface area contributed by atoms with Gasteiger partial charge in [0.1, 0.15) is 11.6 Å². The molecular weight excluding hydrogens is 322 g/mol. The summed E-state index contributed by atoms with van der Waals surface area (Å²) >= 11 is 6.92. The number of hydrogen-bond donors (Lipinski definition) is 1. The van der Waals surface area contributed by atoms with Crippen molar-refractivity contribution >= 4 is 45.3 Å². The molecule has 1 amide bonds. The molecule has 0 spiro atoms. The van der Waals surface area contributed by atoms with Crippen LogP contribution in [-0.2, 0) is 4.79 Å². The highest BCUT2D eigenvalue weighted by atomic mass is 35.5. The molecule has 7 heteroatoms. The van der Waals surface area contributed by atoms with Gasteiger partial charge in [-0.3, -0.25) is 14.0 Å². The maximum Gasteiger partial charge on any atom is 0.239 e. The first-order valence-corrected chi connectivity index (χ1v) is 7.94. The minimum absolute atomic E-state index is 0.0985. The summed E-state index contributed by atoms with van der Waals surface area (Å²) in [7, 11) is 0. The van der Waals surface area contributed by atoms with Crippen LogP contribution in [0.4, 0.5) is 5.69 Å². The van der Waals surface area contributed by atoms with Crippen molar-refractivity contribution in [3.05, 3.63) is 52.8 Å². The van der Waals surface area contributed by atoms with Crippen molar-refractivity contribution < 1.29 is 9.59 Å². The van der Waals surface area contributed by atoms with Crippen LogP contribution in [0.5, 0.6) is 0 Å². The Morgan fingerprint density at radius 1 is 1.32 bits per heavy atom. The molecule has 0 bridgehead atoms. The highest BCUT2D eigenvalue weighted by Gasteiger charge is 2.18. The Kier molecular flexibility index (Phi) is 3.96. The Labute approximate surface area is 135 Å². The molecule has 0 aliphatic carbocycles. The third-order valence-electron chi connectivity index (χ3n) is 3.20. The van der Waals surface area contributed by atoms with E-state index >= 15 is 0 Å². The molecule has 1 aromatic carbocycles. The molecule has 3 aromatic rings. The van der Waals surface area contributed by atoms with Crippen molar-refractivity contribution in [2.24, 2.45) is 0 Å². The molecule has 0 atom stereocenters. The summed E-state index contributed by atoms with van der Waals surface area (Å²) in [5.74, 6) is -0.489. The molecule has 112 valence electrons. The third kappa shape index (κ3) is 2.63. The number of fused-ring (bicyclic) bond motifs is 1. The lowest BCUT2D eigenvalue weighted by atomic mass is 10.1. The maximum absolute atomic E-state index is 12.7. The number of alkyl halides is 1. The summed E-state index contributed by atoms with van der Waals surface area (Å²) in [4.78, 5) is 29.1. The molecule has 3 rings (SSSR count). The van der Waals surface area contributed by atoms with Gasteiger partial charge in [0.2, 0.25) is 11.7 Å². The van der Waals surface area contributed by atoms with Crippen molar-refractivity contribution in [3.8, 4) is 0 Å². The van der Waals surface area contributed by atoms with E-state index < -0.39 is 0 Å². The molecule has 5 nitrogen and oxygen atoms in total. The molecule has 1 N–H and O–H groups in total. The lowest BCUT2D eigenvalue weighted by molar-refractivity contribution is -0.113. The van der Waals surface area contributed by atoms with E-state index in [4.69, 9.17) is 11.6 Å². The van der Waals surface area contributed by atoms with E-state index in [-0.39, 0.29) is 17.6 Å². The fraction of sp³-hybridized carbons (Fsp3) is 0.133.